The van der Waals surface area contributed by atoms with Crippen LogP contribution in [0.25, 0.3) is 0 Å². The molecule has 2 fully saturated rings. The number of hydrogen-bond donors (Lipinski definition) is 7. The standard InChI is InChI=1S/C19H26O12/c1-28-17(26)8-4-2-3-5-10(8)30-18-13(23)11(21)12(22)14(31-18)16(25)19(27)7-29-6-9(20)15(19)24/h2-5,9,11-16,18,20-25,27H,6-7H2,1H3/t9-,11+,12+,13-,14+,15+,16?,18-,19-/m1/s1. The topological polar surface area (TPSA) is 196 Å². The molecule has 31 heavy (non-hydrogen) atoms. The largest absolute Gasteiger partial charge is 0.465 e. The zero-order chi connectivity index (χ0) is 22.9. The van der Waals surface area contributed by atoms with Crippen molar-refractivity contribution in [2.45, 2.75) is 54.6 Å². The lowest BCUT2D eigenvalue weighted by atomic mass is 9.80. The number of esters is 1. The lowest BCUT2D eigenvalue weighted by Gasteiger charge is -2.48. The zero-order valence-corrected chi connectivity index (χ0v) is 16.5. The van der Waals surface area contributed by atoms with Crippen LogP contribution in [-0.2, 0) is 14.2 Å². The number of carbonyl (C=O) groups is 1. The molecule has 3 rings (SSSR count). The second kappa shape index (κ2) is 9.32. The van der Waals surface area contributed by atoms with E-state index in [1.807, 2.05) is 0 Å². The van der Waals surface area contributed by atoms with E-state index in [0.29, 0.717) is 0 Å². The summed E-state index contributed by atoms with van der Waals surface area (Å²) in [6.45, 7) is -0.893. The van der Waals surface area contributed by atoms with Crippen molar-refractivity contribution in [3.8, 4) is 5.75 Å². The van der Waals surface area contributed by atoms with Crippen molar-refractivity contribution in [1.29, 1.82) is 0 Å². The number of methoxy groups -OCH3 is 1. The monoisotopic (exact) mass is 446 g/mol. The Morgan fingerprint density at radius 2 is 1.81 bits per heavy atom. The fourth-order valence-electron chi connectivity index (χ4n) is 3.60. The number of carbonyl (C=O) groups excluding carboxylic acids is 1. The summed E-state index contributed by atoms with van der Waals surface area (Å²) in [7, 11) is 1.16. The lowest BCUT2D eigenvalue weighted by Crippen LogP contribution is -2.71. The highest BCUT2D eigenvalue weighted by Gasteiger charge is 2.57. The molecule has 1 unspecified atom stereocenters. The summed E-state index contributed by atoms with van der Waals surface area (Å²) >= 11 is 0. The molecule has 7 N–H and O–H groups in total. The van der Waals surface area contributed by atoms with Gasteiger partial charge in [-0.1, -0.05) is 12.1 Å². The van der Waals surface area contributed by atoms with Crippen molar-refractivity contribution >= 4 is 5.97 Å². The van der Waals surface area contributed by atoms with E-state index in [0.717, 1.165) is 7.11 Å². The Labute approximate surface area is 176 Å². The van der Waals surface area contributed by atoms with E-state index in [1.54, 1.807) is 0 Å². The number of benzene rings is 1. The first kappa shape index (κ1) is 23.8. The van der Waals surface area contributed by atoms with Crippen LogP contribution in [0.15, 0.2) is 24.3 Å². The van der Waals surface area contributed by atoms with Crippen molar-refractivity contribution in [3.05, 3.63) is 29.8 Å². The average molecular weight is 446 g/mol. The molecule has 0 bridgehead atoms. The van der Waals surface area contributed by atoms with E-state index in [4.69, 9.17) is 14.2 Å². The number of rotatable bonds is 5. The Hall–Kier alpha value is -1.87. The molecule has 9 atom stereocenters. The van der Waals surface area contributed by atoms with Gasteiger partial charge in [0.2, 0.25) is 6.29 Å². The Kier molecular flexibility index (Phi) is 7.15. The fourth-order valence-corrected chi connectivity index (χ4v) is 3.60. The summed E-state index contributed by atoms with van der Waals surface area (Å²) in [6, 6.07) is 5.81. The van der Waals surface area contributed by atoms with E-state index in [9.17, 15) is 40.5 Å². The highest BCUT2D eigenvalue weighted by Crippen LogP contribution is 2.33. The smallest absolute Gasteiger partial charge is 0.341 e. The number of aliphatic hydroxyl groups is 7. The molecule has 0 spiro atoms. The molecule has 0 amide bonds. The first-order valence-electron chi connectivity index (χ1n) is 9.49. The number of hydrogen-bond acceptors (Lipinski definition) is 12. The summed E-state index contributed by atoms with van der Waals surface area (Å²) in [4.78, 5) is 11.9. The Morgan fingerprint density at radius 1 is 1.13 bits per heavy atom. The molecular formula is C19H26O12. The molecule has 2 heterocycles. The molecular weight excluding hydrogens is 420 g/mol. The van der Waals surface area contributed by atoms with Gasteiger partial charge in [0.25, 0.3) is 0 Å². The number of ether oxygens (including phenoxy) is 4. The van der Waals surface area contributed by atoms with Crippen LogP contribution in [-0.4, -0.2) is 117 Å². The van der Waals surface area contributed by atoms with Gasteiger partial charge >= 0.3 is 5.97 Å². The van der Waals surface area contributed by atoms with Gasteiger partial charge in [-0.15, -0.1) is 0 Å². The van der Waals surface area contributed by atoms with E-state index >= 15 is 0 Å². The molecule has 2 aliphatic rings. The molecule has 0 radical (unpaired) electrons. The molecule has 0 aromatic heterocycles. The summed E-state index contributed by atoms with van der Waals surface area (Å²) in [6.07, 6.45) is -14.5. The van der Waals surface area contributed by atoms with Gasteiger partial charge in [-0.25, -0.2) is 4.79 Å². The summed E-state index contributed by atoms with van der Waals surface area (Å²) in [5.41, 5.74) is -2.48. The first-order valence-corrected chi connectivity index (χ1v) is 9.49. The van der Waals surface area contributed by atoms with Crippen LogP contribution in [0.1, 0.15) is 10.4 Å². The quantitative estimate of drug-likeness (QED) is 0.221. The van der Waals surface area contributed by atoms with E-state index < -0.39 is 67.2 Å². The normalized spacial score (nSPS) is 39.5. The first-order chi connectivity index (χ1) is 14.6. The Balaban J connectivity index is 1.85. The highest BCUT2D eigenvalue weighted by atomic mass is 16.7. The van der Waals surface area contributed by atoms with E-state index in [1.165, 1.54) is 24.3 Å². The minimum atomic E-state index is -2.46. The van der Waals surface area contributed by atoms with Crippen molar-refractivity contribution in [2.24, 2.45) is 0 Å². The maximum Gasteiger partial charge on any atom is 0.341 e. The third kappa shape index (κ3) is 4.39. The Bertz CT molecular complexity index is 774. The van der Waals surface area contributed by atoms with Crippen LogP contribution in [0.2, 0.25) is 0 Å². The van der Waals surface area contributed by atoms with Crippen molar-refractivity contribution in [3.63, 3.8) is 0 Å². The maximum atomic E-state index is 11.9. The van der Waals surface area contributed by atoms with Gasteiger partial charge in [0.15, 0.2) is 0 Å². The molecule has 0 saturated carbocycles. The van der Waals surface area contributed by atoms with Crippen LogP contribution in [0.3, 0.4) is 0 Å². The van der Waals surface area contributed by atoms with Gasteiger partial charge in [-0.2, -0.15) is 0 Å². The summed E-state index contributed by atoms with van der Waals surface area (Å²) in [5, 5.41) is 72.2. The molecule has 12 heteroatoms. The van der Waals surface area contributed by atoms with Crippen LogP contribution in [0, 0.1) is 0 Å². The van der Waals surface area contributed by atoms with E-state index in [-0.39, 0.29) is 17.9 Å². The minimum absolute atomic E-state index is 0.0173. The summed E-state index contributed by atoms with van der Waals surface area (Å²) in [5.74, 6) is -0.825. The highest BCUT2D eigenvalue weighted by molar-refractivity contribution is 5.92. The minimum Gasteiger partial charge on any atom is -0.465 e. The summed E-state index contributed by atoms with van der Waals surface area (Å²) < 4.78 is 20.6. The molecule has 2 aliphatic heterocycles. The molecule has 2 saturated heterocycles. The molecule has 0 aliphatic carbocycles. The zero-order valence-electron chi connectivity index (χ0n) is 16.5. The molecule has 1 aromatic rings. The van der Waals surface area contributed by atoms with Crippen molar-refractivity contribution in [2.75, 3.05) is 20.3 Å². The molecule has 1 aromatic carbocycles. The van der Waals surface area contributed by atoms with Gasteiger partial charge in [0, 0.05) is 0 Å². The van der Waals surface area contributed by atoms with Gasteiger partial charge in [0.05, 0.1) is 20.3 Å². The second-order valence-electron chi connectivity index (χ2n) is 7.51. The fraction of sp³-hybridized carbons (Fsp3) is 0.632. The number of para-hydroxylation sites is 1. The van der Waals surface area contributed by atoms with Gasteiger partial charge in [0.1, 0.15) is 59.6 Å². The van der Waals surface area contributed by atoms with Crippen molar-refractivity contribution < 1.29 is 59.5 Å². The maximum absolute atomic E-state index is 11.9. The number of aliphatic hydroxyl groups excluding tert-OH is 6. The SMILES string of the molecule is COC(=O)c1ccccc1O[C@@H]1O[C@H](C(O)[C@@]2(O)COC[C@@H](O)[C@@H]2O)[C@@H](O)[C@H](O)[C@H]1O. The van der Waals surface area contributed by atoms with Crippen LogP contribution in [0.5, 0.6) is 5.75 Å². The average Bonchev–Trinajstić information content (AvgIpc) is 2.77. The molecule has 174 valence electrons. The van der Waals surface area contributed by atoms with Crippen LogP contribution < -0.4 is 4.74 Å². The van der Waals surface area contributed by atoms with Crippen molar-refractivity contribution in [1.82, 2.24) is 0 Å². The van der Waals surface area contributed by atoms with Crippen LogP contribution in [0.4, 0.5) is 0 Å². The Morgan fingerprint density at radius 3 is 2.48 bits per heavy atom. The van der Waals surface area contributed by atoms with E-state index in [2.05, 4.69) is 4.74 Å². The third-order valence-corrected chi connectivity index (χ3v) is 5.46. The second-order valence-corrected chi connectivity index (χ2v) is 7.51. The van der Waals surface area contributed by atoms with Gasteiger partial charge in [-0.3, -0.25) is 0 Å². The predicted molar refractivity (Wildman–Crippen MR) is 98.9 cm³/mol. The van der Waals surface area contributed by atoms with Gasteiger partial charge < -0.3 is 54.7 Å². The third-order valence-electron chi connectivity index (χ3n) is 5.46. The predicted octanol–water partition coefficient (Wildman–Crippen LogP) is -3.50. The molecule has 12 nitrogen and oxygen atoms in total. The van der Waals surface area contributed by atoms with Crippen LogP contribution >= 0.6 is 0 Å². The van der Waals surface area contributed by atoms with Gasteiger partial charge in [-0.05, 0) is 12.1 Å². The lowest BCUT2D eigenvalue weighted by molar-refractivity contribution is -0.321.